The summed E-state index contributed by atoms with van der Waals surface area (Å²) in [6.45, 7) is 0. The number of carboxylic acid groups (broad SMARTS) is 1. The Morgan fingerprint density at radius 3 is 2.61 bits per heavy atom. The van der Waals surface area contributed by atoms with Crippen LogP contribution in [0.5, 0.6) is 0 Å². The van der Waals surface area contributed by atoms with Gasteiger partial charge in [-0.15, -0.1) is 22.0 Å². The first-order chi connectivity index (χ1) is 19.6. The number of hydrogen-bond donors (Lipinski definition) is 6. The van der Waals surface area contributed by atoms with Gasteiger partial charge in [-0.1, -0.05) is 53.4 Å². The minimum atomic E-state index is -1.35. The molecule has 19 heteroatoms. The maximum absolute atomic E-state index is 13.4. The SMILES string of the molecule is Nc1nnc(SCC2=C(C(=O)O)N3C(=O)[C@@H](NC(=O)C(NC(=O)c4n[nH]c(=O)[nH]c4=O)c4ccccc4)[C@@H]3SC2)s1. The minimum Gasteiger partial charge on any atom is -0.477 e. The summed E-state index contributed by atoms with van der Waals surface area (Å²) in [7, 11) is 0. The number of nitrogens with zero attached hydrogens (tertiary/aromatic N) is 4. The van der Waals surface area contributed by atoms with E-state index in [1.807, 2.05) is 10.1 Å². The number of H-pyrrole nitrogens is 2. The maximum atomic E-state index is 13.4. The molecule has 2 aliphatic rings. The molecular formula is C22H19N9O7S3. The van der Waals surface area contributed by atoms with Crippen molar-refractivity contribution >= 4 is 63.7 Å². The number of amides is 3. The monoisotopic (exact) mass is 617 g/mol. The number of benzene rings is 1. The van der Waals surface area contributed by atoms with Crippen LogP contribution >= 0.6 is 34.9 Å². The number of anilines is 1. The van der Waals surface area contributed by atoms with Crippen molar-refractivity contribution in [2.24, 2.45) is 0 Å². The first kappa shape index (κ1) is 28.1. The van der Waals surface area contributed by atoms with Crippen molar-refractivity contribution in [3.63, 3.8) is 0 Å². The molecule has 0 aliphatic carbocycles. The number of carbonyl (C=O) groups is 4. The first-order valence-electron chi connectivity index (χ1n) is 11.6. The van der Waals surface area contributed by atoms with Crippen LogP contribution in [0.3, 0.4) is 0 Å². The molecule has 16 nitrogen and oxygen atoms in total. The van der Waals surface area contributed by atoms with Gasteiger partial charge < -0.3 is 21.5 Å². The van der Waals surface area contributed by atoms with Gasteiger partial charge in [0, 0.05) is 11.5 Å². The molecule has 41 heavy (non-hydrogen) atoms. The number of aromatic nitrogens is 5. The number of hydrogen-bond acceptors (Lipinski definition) is 13. The highest BCUT2D eigenvalue weighted by Gasteiger charge is 2.54. The molecule has 5 rings (SSSR count). The topological polar surface area (TPSA) is 246 Å². The highest BCUT2D eigenvalue weighted by molar-refractivity contribution is 8.01. The van der Waals surface area contributed by atoms with Gasteiger partial charge in [0.15, 0.2) is 4.34 Å². The van der Waals surface area contributed by atoms with Crippen molar-refractivity contribution in [3.05, 3.63) is 73.7 Å². The van der Waals surface area contributed by atoms with Crippen LogP contribution in [0.4, 0.5) is 5.13 Å². The van der Waals surface area contributed by atoms with E-state index in [1.165, 1.54) is 23.5 Å². The van der Waals surface area contributed by atoms with Crippen molar-refractivity contribution in [2.45, 2.75) is 21.8 Å². The zero-order valence-corrected chi connectivity index (χ0v) is 23.0. The van der Waals surface area contributed by atoms with E-state index in [1.54, 1.807) is 30.3 Å². The number of rotatable bonds is 9. The Balaban J connectivity index is 1.33. The van der Waals surface area contributed by atoms with Crippen LogP contribution in [-0.2, 0) is 14.4 Å². The molecule has 4 heterocycles. The predicted octanol–water partition coefficient (Wildman–Crippen LogP) is -1.11. The molecule has 1 unspecified atom stereocenters. The van der Waals surface area contributed by atoms with Gasteiger partial charge in [-0.3, -0.25) is 29.1 Å². The smallest absolute Gasteiger partial charge is 0.352 e. The molecule has 1 aromatic carbocycles. The van der Waals surface area contributed by atoms with Crippen LogP contribution in [0.15, 0.2) is 55.5 Å². The highest BCUT2D eigenvalue weighted by atomic mass is 32.2. The summed E-state index contributed by atoms with van der Waals surface area (Å²) >= 11 is 3.69. The largest absolute Gasteiger partial charge is 0.477 e. The van der Waals surface area contributed by atoms with Crippen LogP contribution in [0, 0.1) is 0 Å². The second-order valence-electron chi connectivity index (χ2n) is 8.52. The lowest BCUT2D eigenvalue weighted by Crippen LogP contribution is -2.71. The Kier molecular flexibility index (Phi) is 7.90. The number of carbonyl (C=O) groups excluding carboxylic acids is 3. The number of nitrogen functional groups attached to an aromatic ring is 1. The number of fused-ring (bicyclic) bond motifs is 1. The second-order valence-corrected chi connectivity index (χ2v) is 11.9. The first-order valence-corrected chi connectivity index (χ1v) is 14.5. The standard InChI is InChI=1S/C22H19N9O7S3/c23-20-28-30-22(41-20)40-7-9-6-39-18-12(17(35)31(18)13(9)19(36)37)25-14(32)10(8-4-2-1-3-5-8)24-15(33)11-16(34)26-21(38)29-27-11/h1-5,10,12,18H,6-7H2,(H2,23,28)(H,24,33)(H,25,32)(H,36,37)(H2,26,29,34,38)/t10?,12-,18+/m1/s1. The average molecular weight is 618 g/mol. The molecule has 0 bridgehead atoms. The Bertz CT molecular complexity index is 1690. The molecule has 3 atom stereocenters. The van der Waals surface area contributed by atoms with Gasteiger partial charge in [0.2, 0.25) is 16.7 Å². The Labute approximate surface area is 241 Å². The number of thioether (sulfide) groups is 2. The molecule has 2 aromatic heterocycles. The lowest BCUT2D eigenvalue weighted by atomic mass is 10.0. The van der Waals surface area contributed by atoms with Gasteiger partial charge in [-0.2, -0.15) is 5.10 Å². The van der Waals surface area contributed by atoms with Gasteiger partial charge in [-0.05, 0) is 11.1 Å². The van der Waals surface area contributed by atoms with Crippen LogP contribution in [-0.4, -0.2) is 82.0 Å². The number of nitrogens with two attached hydrogens (primary N) is 1. The van der Waals surface area contributed by atoms with Crippen LogP contribution < -0.4 is 27.6 Å². The number of aliphatic carboxylic acids is 1. The summed E-state index contributed by atoms with van der Waals surface area (Å²) in [5.74, 6) is -3.21. The Morgan fingerprint density at radius 2 is 1.95 bits per heavy atom. The quantitative estimate of drug-likeness (QED) is 0.123. The Hall–Kier alpha value is -4.49. The zero-order chi connectivity index (χ0) is 29.3. The predicted molar refractivity (Wildman–Crippen MR) is 147 cm³/mol. The molecule has 1 saturated heterocycles. The number of carboxylic acids is 1. The van der Waals surface area contributed by atoms with E-state index < -0.39 is 58.1 Å². The lowest BCUT2D eigenvalue weighted by molar-refractivity contribution is -0.151. The normalized spacial score (nSPS) is 18.7. The van der Waals surface area contributed by atoms with E-state index in [2.05, 4.69) is 25.9 Å². The Morgan fingerprint density at radius 1 is 1.20 bits per heavy atom. The van der Waals surface area contributed by atoms with E-state index >= 15 is 0 Å². The lowest BCUT2D eigenvalue weighted by Gasteiger charge is -2.49. The fourth-order valence-electron chi connectivity index (χ4n) is 4.11. The van der Waals surface area contributed by atoms with Crippen molar-refractivity contribution in [1.82, 2.24) is 40.9 Å². The van der Waals surface area contributed by atoms with Crippen LogP contribution in [0.1, 0.15) is 22.1 Å². The number of β-lactam (4-membered cyclic amide) rings is 1. The van der Waals surface area contributed by atoms with Crippen molar-refractivity contribution in [2.75, 3.05) is 17.2 Å². The fraction of sp³-hybridized carbons (Fsp3) is 0.227. The minimum absolute atomic E-state index is 0.162. The third-order valence-electron chi connectivity index (χ3n) is 5.94. The third kappa shape index (κ3) is 5.72. The van der Waals surface area contributed by atoms with E-state index in [4.69, 9.17) is 5.73 Å². The molecule has 7 N–H and O–H groups in total. The van der Waals surface area contributed by atoms with Gasteiger partial charge in [-0.25, -0.2) is 14.7 Å². The highest BCUT2D eigenvalue weighted by Crippen LogP contribution is 2.42. The summed E-state index contributed by atoms with van der Waals surface area (Å²) < 4.78 is 0.556. The molecule has 0 spiro atoms. The fourth-order valence-corrected chi connectivity index (χ4v) is 7.23. The molecule has 3 aromatic rings. The molecule has 2 aliphatic heterocycles. The summed E-state index contributed by atoms with van der Waals surface area (Å²) in [4.78, 5) is 77.7. The average Bonchev–Trinajstić information content (AvgIpc) is 3.37. The maximum Gasteiger partial charge on any atom is 0.352 e. The molecular weight excluding hydrogens is 598 g/mol. The number of nitrogens with one attached hydrogen (secondary N) is 4. The molecule has 1 fully saturated rings. The van der Waals surface area contributed by atoms with E-state index in [0.29, 0.717) is 15.5 Å². The molecule has 0 radical (unpaired) electrons. The number of aromatic amines is 2. The van der Waals surface area contributed by atoms with Crippen molar-refractivity contribution in [3.8, 4) is 0 Å². The van der Waals surface area contributed by atoms with Gasteiger partial charge >= 0.3 is 11.7 Å². The van der Waals surface area contributed by atoms with Crippen LogP contribution in [0.2, 0.25) is 0 Å². The molecule has 3 amide bonds. The van der Waals surface area contributed by atoms with E-state index in [9.17, 15) is 33.9 Å². The summed E-state index contributed by atoms with van der Waals surface area (Å²) in [6, 6.07) is 5.63. The summed E-state index contributed by atoms with van der Waals surface area (Å²) in [6.07, 6.45) is 0. The third-order valence-corrected chi connectivity index (χ3v) is 9.25. The second kappa shape index (κ2) is 11.6. The van der Waals surface area contributed by atoms with Gasteiger partial charge in [0.1, 0.15) is 23.2 Å². The van der Waals surface area contributed by atoms with E-state index in [0.717, 1.165) is 16.2 Å². The summed E-state index contributed by atoms with van der Waals surface area (Å²) in [5.41, 5.74) is 3.62. The zero-order valence-electron chi connectivity index (χ0n) is 20.5. The summed E-state index contributed by atoms with van der Waals surface area (Å²) in [5, 5.41) is 27.5. The molecule has 0 saturated carbocycles. The van der Waals surface area contributed by atoms with Gasteiger partial charge in [0.25, 0.3) is 17.4 Å². The van der Waals surface area contributed by atoms with Crippen molar-refractivity contribution < 1.29 is 24.3 Å². The van der Waals surface area contributed by atoms with Gasteiger partial charge in [0.05, 0.1) is 0 Å². The molecule has 212 valence electrons. The van der Waals surface area contributed by atoms with E-state index in [-0.39, 0.29) is 22.3 Å². The van der Waals surface area contributed by atoms with Crippen molar-refractivity contribution in [1.29, 1.82) is 0 Å². The van der Waals surface area contributed by atoms with Crippen LogP contribution in [0.25, 0.3) is 0 Å².